The Morgan fingerprint density at radius 2 is 2.12 bits per heavy atom. The molecule has 2 aliphatic rings. The number of rotatable bonds is 3. The Balaban J connectivity index is 1.48. The van der Waals surface area contributed by atoms with Gasteiger partial charge in [0.05, 0.1) is 11.9 Å². The van der Waals surface area contributed by atoms with Crippen molar-refractivity contribution >= 4 is 11.7 Å². The summed E-state index contributed by atoms with van der Waals surface area (Å²) < 4.78 is 0. The fourth-order valence-corrected chi connectivity index (χ4v) is 4.20. The minimum atomic E-state index is -0.0113. The van der Waals surface area contributed by atoms with Crippen LogP contribution in [0.4, 0.5) is 5.82 Å². The molecular weight excluding hydrogens is 316 g/mol. The van der Waals surface area contributed by atoms with E-state index in [1.165, 1.54) is 0 Å². The van der Waals surface area contributed by atoms with Crippen molar-refractivity contribution in [1.82, 2.24) is 25.1 Å². The Morgan fingerprint density at radius 1 is 1.24 bits per heavy atom. The molecule has 2 aromatic heterocycles. The molecule has 7 heteroatoms. The number of hydrogen-bond donors (Lipinski definition) is 0. The van der Waals surface area contributed by atoms with E-state index < -0.39 is 0 Å². The third-order valence-corrected chi connectivity index (χ3v) is 5.52. The van der Waals surface area contributed by atoms with E-state index in [4.69, 9.17) is 0 Å². The number of likely N-dealkylation sites (tertiary alicyclic amines) is 1. The fraction of sp³-hybridized carbons (Fsp3) is 0.500. The average Bonchev–Trinajstić information content (AvgIpc) is 3.22. The van der Waals surface area contributed by atoms with E-state index in [9.17, 15) is 4.79 Å². The van der Waals surface area contributed by atoms with Crippen LogP contribution in [-0.2, 0) is 0 Å². The molecule has 130 valence electrons. The molecule has 3 atom stereocenters. The first-order valence-electron chi connectivity index (χ1n) is 8.72. The summed E-state index contributed by atoms with van der Waals surface area (Å²) in [7, 11) is 2.08. The normalized spacial score (nSPS) is 25.0. The van der Waals surface area contributed by atoms with Gasteiger partial charge in [-0.25, -0.2) is 4.98 Å². The van der Waals surface area contributed by atoms with Crippen LogP contribution in [0.15, 0.2) is 30.7 Å². The maximum atomic E-state index is 12.7. The zero-order valence-corrected chi connectivity index (χ0v) is 14.5. The van der Waals surface area contributed by atoms with Gasteiger partial charge in [0.15, 0.2) is 5.82 Å². The Bertz CT molecular complexity index is 750. The monoisotopic (exact) mass is 338 g/mol. The van der Waals surface area contributed by atoms with E-state index in [1.807, 2.05) is 24.0 Å². The van der Waals surface area contributed by atoms with Gasteiger partial charge in [-0.05, 0) is 37.8 Å². The highest BCUT2D eigenvalue weighted by atomic mass is 16.2. The van der Waals surface area contributed by atoms with Gasteiger partial charge >= 0.3 is 0 Å². The number of fused-ring (bicyclic) bond motifs is 1. The van der Waals surface area contributed by atoms with E-state index >= 15 is 0 Å². The maximum Gasteiger partial charge on any atom is 0.274 e. The number of amides is 1. The van der Waals surface area contributed by atoms with Crippen molar-refractivity contribution in [3.05, 3.63) is 42.1 Å². The lowest BCUT2D eigenvalue weighted by Crippen LogP contribution is -2.39. The van der Waals surface area contributed by atoms with Crippen LogP contribution in [0, 0.1) is 18.8 Å². The van der Waals surface area contributed by atoms with Gasteiger partial charge in [0, 0.05) is 44.5 Å². The van der Waals surface area contributed by atoms with Crippen molar-refractivity contribution < 1.29 is 4.79 Å². The van der Waals surface area contributed by atoms with Gasteiger partial charge in [0.1, 0.15) is 5.69 Å². The Hall–Kier alpha value is -2.57. The van der Waals surface area contributed by atoms with Crippen molar-refractivity contribution in [3.8, 4) is 0 Å². The van der Waals surface area contributed by atoms with Crippen LogP contribution in [0.3, 0.4) is 0 Å². The van der Waals surface area contributed by atoms with Crippen LogP contribution in [0.25, 0.3) is 0 Å². The van der Waals surface area contributed by atoms with Crippen molar-refractivity contribution in [2.75, 3.05) is 25.0 Å². The van der Waals surface area contributed by atoms with Crippen LogP contribution in [-0.4, -0.2) is 57.2 Å². The molecule has 0 radical (unpaired) electrons. The summed E-state index contributed by atoms with van der Waals surface area (Å²) in [5.41, 5.74) is 1.25. The van der Waals surface area contributed by atoms with Gasteiger partial charge in [-0.15, -0.1) is 5.10 Å². The molecule has 1 amide bonds. The van der Waals surface area contributed by atoms with E-state index in [2.05, 4.69) is 32.1 Å². The summed E-state index contributed by atoms with van der Waals surface area (Å²) >= 11 is 0. The highest BCUT2D eigenvalue weighted by molar-refractivity contribution is 5.92. The van der Waals surface area contributed by atoms with Gasteiger partial charge in [0.2, 0.25) is 0 Å². The van der Waals surface area contributed by atoms with Gasteiger partial charge in [0.25, 0.3) is 5.91 Å². The van der Waals surface area contributed by atoms with E-state index in [0.29, 0.717) is 23.6 Å². The smallest absolute Gasteiger partial charge is 0.274 e. The highest BCUT2D eigenvalue weighted by Crippen LogP contribution is 2.41. The van der Waals surface area contributed by atoms with Crippen molar-refractivity contribution in [1.29, 1.82) is 0 Å². The summed E-state index contributed by atoms with van der Waals surface area (Å²) in [5, 5.41) is 8.21. The predicted octanol–water partition coefficient (Wildman–Crippen LogP) is 1.56. The largest absolute Gasteiger partial charge is 0.355 e. The number of aromatic nitrogens is 4. The van der Waals surface area contributed by atoms with E-state index in [0.717, 1.165) is 37.4 Å². The molecule has 4 rings (SSSR count). The van der Waals surface area contributed by atoms with Gasteiger partial charge in [-0.1, -0.05) is 0 Å². The van der Waals surface area contributed by atoms with Crippen LogP contribution in [0.1, 0.15) is 29.0 Å². The number of aryl methyl sites for hydroxylation is 1. The zero-order chi connectivity index (χ0) is 17.4. The first-order chi connectivity index (χ1) is 12.1. The minimum Gasteiger partial charge on any atom is -0.355 e. The lowest BCUT2D eigenvalue weighted by atomic mass is 9.97. The number of nitrogens with zero attached hydrogens (tertiary/aromatic N) is 6. The number of hydrogen-bond acceptors (Lipinski definition) is 6. The molecule has 0 aromatic carbocycles. The SMILES string of the molecule is Cc1cnc(C(=O)N2C[C@H]3CC[C@@H](N(C)c4cccnn4)[C@H]3C2)cn1. The highest BCUT2D eigenvalue weighted by Gasteiger charge is 2.46. The fourth-order valence-electron chi connectivity index (χ4n) is 4.20. The number of anilines is 1. The quantitative estimate of drug-likeness (QED) is 0.845. The van der Waals surface area contributed by atoms with Gasteiger partial charge in [-0.3, -0.25) is 9.78 Å². The van der Waals surface area contributed by atoms with Crippen LogP contribution >= 0.6 is 0 Å². The van der Waals surface area contributed by atoms with Crippen molar-refractivity contribution in [2.45, 2.75) is 25.8 Å². The molecule has 0 unspecified atom stereocenters. The standard InChI is InChI=1S/C18H22N6O/c1-12-8-20-15(9-19-12)18(25)24-10-13-5-6-16(14(13)11-24)23(2)17-4-3-7-21-22-17/h3-4,7-9,13-14,16H,5-6,10-11H2,1-2H3/t13-,14+,16-/m1/s1. The molecule has 1 aliphatic heterocycles. The summed E-state index contributed by atoms with van der Waals surface area (Å²) in [4.78, 5) is 25.3. The number of carbonyl (C=O) groups is 1. The maximum absolute atomic E-state index is 12.7. The third kappa shape index (κ3) is 2.94. The van der Waals surface area contributed by atoms with Crippen LogP contribution < -0.4 is 4.90 Å². The Morgan fingerprint density at radius 3 is 2.84 bits per heavy atom. The molecule has 2 fully saturated rings. The molecule has 25 heavy (non-hydrogen) atoms. The van der Waals surface area contributed by atoms with Crippen LogP contribution in [0.5, 0.6) is 0 Å². The average molecular weight is 338 g/mol. The predicted molar refractivity (Wildman–Crippen MR) is 93.1 cm³/mol. The number of carbonyl (C=O) groups excluding carboxylic acids is 1. The lowest BCUT2D eigenvalue weighted by Gasteiger charge is -2.30. The minimum absolute atomic E-state index is 0.0113. The molecule has 1 saturated heterocycles. The first-order valence-corrected chi connectivity index (χ1v) is 8.72. The molecule has 1 saturated carbocycles. The van der Waals surface area contributed by atoms with Crippen molar-refractivity contribution in [2.24, 2.45) is 11.8 Å². The molecular formula is C18H22N6O. The second-order valence-corrected chi connectivity index (χ2v) is 7.01. The lowest BCUT2D eigenvalue weighted by molar-refractivity contribution is 0.0773. The summed E-state index contributed by atoms with van der Waals surface area (Å²) in [6, 6.07) is 4.29. The Labute approximate surface area is 147 Å². The molecule has 3 heterocycles. The van der Waals surface area contributed by atoms with E-state index in [-0.39, 0.29) is 5.91 Å². The zero-order valence-electron chi connectivity index (χ0n) is 14.5. The topological polar surface area (TPSA) is 75.1 Å². The molecule has 2 aromatic rings. The summed E-state index contributed by atoms with van der Waals surface area (Å²) in [6.45, 7) is 3.45. The Kier molecular flexibility index (Phi) is 4.07. The summed E-state index contributed by atoms with van der Waals surface area (Å²) in [6.07, 6.45) is 7.19. The molecule has 0 spiro atoms. The third-order valence-electron chi connectivity index (χ3n) is 5.52. The van der Waals surface area contributed by atoms with Crippen molar-refractivity contribution in [3.63, 3.8) is 0 Å². The first kappa shape index (κ1) is 15.9. The second kappa shape index (κ2) is 6.38. The molecule has 0 bridgehead atoms. The second-order valence-electron chi connectivity index (χ2n) is 7.01. The molecule has 7 nitrogen and oxygen atoms in total. The molecule has 0 N–H and O–H groups in total. The molecule has 1 aliphatic carbocycles. The van der Waals surface area contributed by atoms with Gasteiger partial charge < -0.3 is 9.80 Å². The van der Waals surface area contributed by atoms with Crippen LogP contribution in [0.2, 0.25) is 0 Å². The summed E-state index contributed by atoms with van der Waals surface area (Å²) in [5.74, 6) is 1.89. The van der Waals surface area contributed by atoms with E-state index in [1.54, 1.807) is 18.6 Å². The van der Waals surface area contributed by atoms with Gasteiger partial charge in [-0.2, -0.15) is 5.10 Å².